The van der Waals surface area contributed by atoms with E-state index in [-0.39, 0.29) is 17.7 Å². The first-order valence-corrected chi connectivity index (χ1v) is 10.4. The molecule has 6 heteroatoms. The van der Waals surface area contributed by atoms with Gasteiger partial charge in [-0.15, -0.1) is 0 Å². The van der Waals surface area contributed by atoms with Gasteiger partial charge in [-0.3, -0.25) is 9.59 Å². The van der Waals surface area contributed by atoms with Gasteiger partial charge in [-0.1, -0.05) is 36.6 Å². The second-order valence-electron chi connectivity index (χ2n) is 7.95. The summed E-state index contributed by atoms with van der Waals surface area (Å²) in [6.07, 6.45) is 6.75. The minimum atomic E-state index is -0.410. The number of halogens is 1. The minimum absolute atomic E-state index is 0.0278. The van der Waals surface area contributed by atoms with Crippen molar-refractivity contribution in [1.29, 1.82) is 0 Å². The van der Waals surface area contributed by atoms with Crippen LogP contribution in [0.2, 0.25) is 5.02 Å². The van der Waals surface area contributed by atoms with Crippen LogP contribution in [0.5, 0.6) is 0 Å². The van der Waals surface area contributed by atoms with E-state index in [9.17, 15) is 9.59 Å². The Kier molecular flexibility index (Phi) is 6.77. The van der Waals surface area contributed by atoms with Gasteiger partial charge in [-0.2, -0.15) is 0 Å². The van der Waals surface area contributed by atoms with Crippen molar-refractivity contribution in [2.24, 2.45) is 11.7 Å². The van der Waals surface area contributed by atoms with Crippen molar-refractivity contribution in [3.63, 3.8) is 0 Å². The van der Waals surface area contributed by atoms with Crippen molar-refractivity contribution in [2.45, 2.75) is 50.4 Å². The van der Waals surface area contributed by atoms with Gasteiger partial charge in [-0.05, 0) is 62.9 Å². The van der Waals surface area contributed by atoms with Gasteiger partial charge in [-0.25, -0.2) is 0 Å². The Bertz CT molecular complexity index is 656. The first-order valence-electron chi connectivity index (χ1n) is 10.1. The normalized spacial score (nSPS) is 22.5. The predicted octanol–water partition coefficient (Wildman–Crippen LogP) is 2.86. The fourth-order valence-electron chi connectivity index (χ4n) is 4.56. The summed E-state index contributed by atoms with van der Waals surface area (Å²) < 4.78 is 0. The number of nitrogens with one attached hydrogen (secondary N) is 1. The third-order valence-corrected chi connectivity index (χ3v) is 6.39. The molecule has 2 amide bonds. The molecular formula is C21H30ClN3O2. The van der Waals surface area contributed by atoms with Gasteiger partial charge in [0.15, 0.2) is 0 Å². The molecule has 2 fully saturated rings. The lowest BCUT2D eigenvalue weighted by molar-refractivity contribution is -0.126. The maximum atomic E-state index is 13.0. The first kappa shape index (κ1) is 20.2. The average Bonchev–Trinajstić information content (AvgIpc) is 3.17. The SMILES string of the molecule is NC(=O)[C@H]1CCCN(CCCNC(=O)C2(c3ccc(Cl)cc3)CCCC2)C1. The quantitative estimate of drug-likeness (QED) is 0.702. The van der Waals surface area contributed by atoms with Gasteiger partial charge in [0.2, 0.25) is 11.8 Å². The molecule has 1 atom stereocenters. The monoisotopic (exact) mass is 391 g/mol. The van der Waals surface area contributed by atoms with E-state index in [1.165, 1.54) is 0 Å². The number of likely N-dealkylation sites (tertiary alicyclic amines) is 1. The van der Waals surface area contributed by atoms with Crippen LogP contribution in [0, 0.1) is 5.92 Å². The fourth-order valence-corrected chi connectivity index (χ4v) is 4.68. The Morgan fingerprint density at radius 3 is 2.56 bits per heavy atom. The second kappa shape index (κ2) is 9.07. The number of piperidine rings is 1. The zero-order valence-corrected chi connectivity index (χ0v) is 16.6. The van der Waals surface area contributed by atoms with Crippen LogP contribution in [0.15, 0.2) is 24.3 Å². The van der Waals surface area contributed by atoms with E-state index in [4.69, 9.17) is 17.3 Å². The number of carbonyl (C=O) groups excluding carboxylic acids is 2. The van der Waals surface area contributed by atoms with E-state index in [0.29, 0.717) is 11.6 Å². The molecule has 3 N–H and O–H groups in total. The van der Waals surface area contributed by atoms with Gasteiger partial charge in [0.05, 0.1) is 11.3 Å². The van der Waals surface area contributed by atoms with E-state index in [2.05, 4.69) is 10.2 Å². The standard InChI is InChI=1S/C21H30ClN3O2/c22-18-8-6-17(7-9-18)21(10-1-2-11-21)20(27)24-12-4-14-25-13-3-5-16(15-25)19(23)26/h6-9,16H,1-5,10-15H2,(H2,23,26)(H,24,27)/t16-/m0/s1. The lowest BCUT2D eigenvalue weighted by Gasteiger charge is -2.31. The molecular weight excluding hydrogens is 362 g/mol. The summed E-state index contributed by atoms with van der Waals surface area (Å²) in [5.41, 5.74) is 6.10. The molecule has 1 aromatic rings. The van der Waals surface area contributed by atoms with Crippen LogP contribution in [0.4, 0.5) is 0 Å². The van der Waals surface area contributed by atoms with Crippen molar-refractivity contribution in [3.8, 4) is 0 Å². The maximum absolute atomic E-state index is 13.0. The number of carbonyl (C=O) groups is 2. The predicted molar refractivity (Wildman–Crippen MR) is 108 cm³/mol. The summed E-state index contributed by atoms with van der Waals surface area (Å²) in [6.45, 7) is 3.30. The number of benzene rings is 1. The number of primary amides is 1. The van der Waals surface area contributed by atoms with Crippen molar-refractivity contribution in [1.82, 2.24) is 10.2 Å². The highest BCUT2D eigenvalue weighted by atomic mass is 35.5. The molecule has 1 aliphatic heterocycles. The maximum Gasteiger partial charge on any atom is 0.230 e. The third-order valence-electron chi connectivity index (χ3n) is 6.13. The molecule has 1 aromatic carbocycles. The number of amides is 2. The molecule has 1 aliphatic carbocycles. The summed E-state index contributed by atoms with van der Waals surface area (Å²) in [5, 5.41) is 3.86. The van der Waals surface area contributed by atoms with E-state index in [1.807, 2.05) is 24.3 Å². The minimum Gasteiger partial charge on any atom is -0.369 e. The van der Waals surface area contributed by atoms with Crippen molar-refractivity contribution in [3.05, 3.63) is 34.9 Å². The van der Waals surface area contributed by atoms with Crippen LogP contribution in [-0.4, -0.2) is 42.9 Å². The van der Waals surface area contributed by atoms with Gasteiger partial charge in [0.25, 0.3) is 0 Å². The van der Waals surface area contributed by atoms with Crippen LogP contribution in [0.3, 0.4) is 0 Å². The van der Waals surface area contributed by atoms with Crippen LogP contribution < -0.4 is 11.1 Å². The number of hydrogen-bond acceptors (Lipinski definition) is 3. The Morgan fingerprint density at radius 2 is 1.89 bits per heavy atom. The van der Waals surface area contributed by atoms with E-state index >= 15 is 0 Å². The highest BCUT2D eigenvalue weighted by molar-refractivity contribution is 6.30. The molecule has 0 bridgehead atoms. The molecule has 3 rings (SSSR count). The topological polar surface area (TPSA) is 75.4 Å². The molecule has 0 unspecified atom stereocenters. The summed E-state index contributed by atoms with van der Waals surface area (Å²) in [6, 6.07) is 7.72. The molecule has 1 saturated heterocycles. The average molecular weight is 392 g/mol. The van der Waals surface area contributed by atoms with Crippen LogP contribution in [0.25, 0.3) is 0 Å². The molecule has 0 aromatic heterocycles. The van der Waals surface area contributed by atoms with E-state index in [1.54, 1.807) is 0 Å². The zero-order chi connectivity index (χ0) is 19.3. The van der Waals surface area contributed by atoms with Gasteiger partial charge in [0, 0.05) is 18.1 Å². The Balaban J connectivity index is 1.50. The van der Waals surface area contributed by atoms with E-state index in [0.717, 1.165) is 70.1 Å². The Labute approximate surface area is 166 Å². The molecule has 0 radical (unpaired) electrons. The van der Waals surface area contributed by atoms with Crippen LogP contribution in [0.1, 0.15) is 50.5 Å². The summed E-state index contributed by atoms with van der Waals surface area (Å²) in [7, 11) is 0. The molecule has 1 saturated carbocycles. The third kappa shape index (κ3) is 4.82. The Morgan fingerprint density at radius 1 is 1.19 bits per heavy atom. The molecule has 5 nitrogen and oxygen atoms in total. The lowest BCUT2D eigenvalue weighted by Crippen LogP contribution is -2.44. The summed E-state index contributed by atoms with van der Waals surface area (Å²) >= 11 is 6.02. The highest BCUT2D eigenvalue weighted by Crippen LogP contribution is 2.41. The molecule has 1 heterocycles. The summed E-state index contributed by atoms with van der Waals surface area (Å²) in [5.74, 6) is -0.0878. The lowest BCUT2D eigenvalue weighted by atomic mass is 9.78. The number of nitrogens with zero attached hydrogens (tertiary/aromatic N) is 1. The highest BCUT2D eigenvalue weighted by Gasteiger charge is 2.42. The molecule has 27 heavy (non-hydrogen) atoms. The summed E-state index contributed by atoms with van der Waals surface area (Å²) in [4.78, 5) is 26.7. The number of nitrogens with two attached hydrogens (primary N) is 1. The van der Waals surface area contributed by atoms with Gasteiger partial charge in [0.1, 0.15) is 0 Å². The number of hydrogen-bond donors (Lipinski definition) is 2. The van der Waals surface area contributed by atoms with Crippen molar-refractivity contribution in [2.75, 3.05) is 26.2 Å². The second-order valence-corrected chi connectivity index (χ2v) is 8.38. The molecule has 0 spiro atoms. The zero-order valence-electron chi connectivity index (χ0n) is 15.9. The van der Waals surface area contributed by atoms with Gasteiger partial charge >= 0.3 is 0 Å². The van der Waals surface area contributed by atoms with E-state index < -0.39 is 5.41 Å². The Hall–Kier alpha value is -1.59. The fraction of sp³-hybridized carbons (Fsp3) is 0.619. The van der Waals surface area contributed by atoms with Crippen LogP contribution >= 0.6 is 11.6 Å². The van der Waals surface area contributed by atoms with Crippen molar-refractivity contribution < 1.29 is 9.59 Å². The number of rotatable bonds is 7. The van der Waals surface area contributed by atoms with Gasteiger partial charge < -0.3 is 16.0 Å². The molecule has 148 valence electrons. The smallest absolute Gasteiger partial charge is 0.230 e. The first-order chi connectivity index (χ1) is 13.0. The van der Waals surface area contributed by atoms with Crippen LogP contribution in [-0.2, 0) is 15.0 Å². The largest absolute Gasteiger partial charge is 0.369 e. The van der Waals surface area contributed by atoms with Crippen molar-refractivity contribution >= 4 is 23.4 Å². The molecule has 2 aliphatic rings.